The number of pyridine rings is 2. The molecule has 2 fully saturated rings. The van der Waals surface area contributed by atoms with E-state index in [0.29, 0.717) is 5.02 Å². The van der Waals surface area contributed by atoms with Gasteiger partial charge in [0, 0.05) is 46.4 Å². The average Bonchev–Trinajstić information content (AvgIpc) is 3.47. The number of amides is 1. The summed E-state index contributed by atoms with van der Waals surface area (Å²) in [5.41, 5.74) is 2.63. The van der Waals surface area contributed by atoms with Crippen LogP contribution in [0.25, 0.3) is 22.3 Å². The van der Waals surface area contributed by atoms with Crippen LogP contribution in [0.4, 0.5) is 5.82 Å². The van der Waals surface area contributed by atoms with Crippen LogP contribution in [0.1, 0.15) is 38.5 Å². The smallest absolute Gasteiger partial charge is 0.223 e. The molecule has 0 radical (unpaired) electrons. The molecule has 0 saturated heterocycles. The predicted octanol–water partition coefficient (Wildman–Crippen LogP) is 4.53. The molecule has 0 bridgehead atoms. The average molecular weight is 410 g/mol. The Labute approximate surface area is 174 Å². The van der Waals surface area contributed by atoms with Crippen LogP contribution in [-0.4, -0.2) is 32.9 Å². The molecule has 2 aliphatic carbocycles. The van der Waals surface area contributed by atoms with E-state index in [0.717, 1.165) is 66.6 Å². The highest BCUT2D eigenvalue weighted by Crippen LogP contribution is 2.32. The van der Waals surface area contributed by atoms with Gasteiger partial charge in [0.25, 0.3) is 0 Å². The van der Waals surface area contributed by atoms with E-state index in [-0.39, 0.29) is 23.9 Å². The van der Waals surface area contributed by atoms with Gasteiger partial charge >= 0.3 is 0 Å². The number of nitrogens with zero attached hydrogens (tertiary/aromatic N) is 2. The number of hydrogen-bond acceptors (Lipinski definition) is 4. The molecule has 2 aliphatic rings. The van der Waals surface area contributed by atoms with Crippen LogP contribution >= 0.6 is 11.6 Å². The summed E-state index contributed by atoms with van der Waals surface area (Å²) < 4.78 is 0. The zero-order valence-electron chi connectivity index (χ0n) is 16.1. The number of anilines is 1. The molecule has 2 atom stereocenters. The maximum Gasteiger partial charge on any atom is 0.223 e. The summed E-state index contributed by atoms with van der Waals surface area (Å²) in [5.74, 6) is 1.25. The third-order valence-electron chi connectivity index (χ3n) is 5.84. The lowest BCUT2D eigenvalue weighted by Crippen LogP contribution is -2.42. The van der Waals surface area contributed by atoms with Crippen molar-refractivity contribution in [2.24, 2.45) is 5.92 Å². The van der Waals surface area contributed by atoms with Crippen molar-refractivity contribution in [3.63, 3.8) is 0 Å². The molecule has 0 aromatic carbocycles. The topological polar surface area (TPSA) is 82.7 Å². The third kappa shape index (κ3) is 4.08. The second-order valence-corrected chi connectivity index (χ2v) is 8.58. The first-order valence-corrected chi connectivity index (χ1v) is 10.7. The number of nitrogens with one attached hydrogen (secondary N) is 3. The number of H-pyrrole nitrogens is 1. The Morgan fingerprint density at radius 1 is 1.17 bits per heavy atom. The zero-order valence-corrected chi connectivity index (χ0v) is 16.9. The van der Waals surface area contributed by atoms with E-state index < -0.39 is 0 Å². The first-order valence-electron chi connectivity index (χ1n) is 10.3. The third-order valence-corrected chi connectivity index (χ3v) is 6.06. The molecule has 1 amide bonds. The van der Waals surface area contributed by atoms with Crippen molar-refractivity contribution in [1.29, 1.82) is 0 Å². The standard InChI is InChI=1S/C22H24ClN5O/c23-14-9-19(18-12-25-21-17(18)5-2-8-24-21)28-20(10-14)26-15-3-1-4-16(11-15)27-22(29)13-6-7-13/h2,5,8-10,12-13,15-16H,1,3-4,6-7,11H2,(H,24,25)(H,26,28)(H,27,29). The zero-order chi connectivity index (χ0) is 19.8. The Hall–Kier alpha value is -2.60. The van der Waals surface area contributed by atoms with E-state index in [9.17, 15) is 4.79 Å². The molecule has 0 spiro atoms. The summed E-state index contributed by atoms with van der Waals surface area (Å²) >= 11 is 6.41. The molecule has 29 heavy (non-hydrogen) atoms. The van der Waals surface area contributed by atoms with Gasteiger partial charge in [-0.3, -0.25) is 4.79 Å². The maximum absolute atomic E-state index is 12.1. The summed E-state index contributed by atoms with van der Waals surface area (Å²) in [6, 6.07) is 8.20. The molecular weight excluding hydrogens is 386 g/mol. The summed E-state index contributed by atoms with van der Waals surface area (Å²) in [6.45, 7) is 0. The largest absolute Gasteiger partial charge is 0.367 e. The minimum Gasteiger partial charge on any atom is -0.367 e. The number of carbonyl (C=O) groups is 1. The highest BCUT2D eigenvalue weighted by Gasteiger charge is 2.32. The van der Waals surface area contributed by atoms with E-state index in [1.54, 1.807) is 6.20 Å². The van der Waals surface area contributed by atoms with Crippen molar-refractivity contribution in [3.05, 3.63) is 41.7 Å². The molecule has 2 unspecified atom stereocenters. The van der Waals surface area contributed by atoms with Gasteiger partial charge in [0.15, 0.2) is 0 Å². The van der Waals surface area contributed by atoms with Crippen molar-refractivity contribution in [3.8, 4) is 11.3 Å². The molecule has 3 aromatic heterocycles. The first-order chi connectivity index (χ1) is 14.2. The highest BCUT2D eigenvalue weighted by molar-refractivity contribution is 6.31. The van der Waals surface area contributed by atoms with Gasteiger partial charge in [-0.2, -0.15) is 0 Å². The summed E-state index contributed by atoms with van der Waals surface area (Å²) in [6.07, 6.45) is 9.89. The van der Waals surface area contributed by atoms with Gasteiger partial charge in [-0.25, -0.2) is 9.97 Å². The second-order valence-electron chi connectivity index (χ2n) is 8.15. The number of fused-ring (bicyclic) bond motifs is 1. The van der Waals surface area contributed by atoms with Crippen LogP contribution in [0.15, 0.2) is 36.7 Å². The molecule has 3 N–H and O–H groups in total. The fourth-order valence-corrected chi connectivity index (χ4v) is 4.41. The molecule has 5 rings (SSSR count). The molecular formula is C22H24ClN5O. The number of rotatable bonds is 5. The fourth-order valence-electron chi connectivity index (χ4n) is 4.20. The van der Waals surface area contributed by atoms with E-state index in [2.05, 4.69) is 20.6 Å². The van der Waals surface area contributed by atoms with E-state index in [1.807, 2.05) is 30.5 Å². The lowest BCUT2D eigenvalue weighted by Gasteiger charge is -2.30. The summed E-state index contributed by atoms with van der Waals surface area (Å²) in [5, 5.41) is 8.44. The Morgan fingerprint density at radius 3 is 2.90 bits per heavy atom. The van der Waals surface area contributed by atoms with Crippen molar-refractivity contribution in [2.75, 3.05) is 5.32 Å². The minimum absolute atomic E-state index is 0.228. The Morgan fingerprint density at radius 2 is 2.03 bits per heavy atom. The lowest BCUT2D eigenvalue weighted by atomic mass is 9.90. The van der Waals surface area contributed by atoms with Gasteiger partial charge in [0.05, 0.1) is 5.69 Å². The molecule has 2 saturated carbocycles. The van der Waals surface area contributed by atoms with E-state index in [1.165, 1.54) is 0 Å². The van der Waals surface area contributed by atoms with Crippen LogP contribution < -0.4 is 10.6 Å². The molecule has 150 valence electrons. The normalized spacial score (nSPS) is 21.8. The van der Waals surface area contributed by atoms with Gasteiger partial charge < -0.3 is 15.6 Å². The van der Waals surface area contributed by atoms with Crippen LogP contribution in [0.2, 0.25) is 5.02 Å². The number of halogens is 1. The second kappa shape index (κ2) is 7.67. The van der Waals surface area contributed by atoms with Crippen LogP contribution in [0.3, 0.4) is 0 Å². The monoisotopic (exact) mass is 409 g/mol. The minimum atomic E-state index is 0.228. The SMILES string of the molecule is O=C(NC1CCCC(Nc2cc(Cl)cc(-c3c[nH]c4ncccc34)n2)C1)C1CC1. The molecule has 6 nitrogen and oxygen atoms in total. The summed E-state index contributed by atoms with van der Waals surface area (Å²) in [4.78, 5) is 24.4. The molecule has 7 heteroatoms. The van der Waals surface area contributed by atoms with Crippen molar-refractivity contribution < 1.29 is 4.79 Å². The maximum atomic E-state index is 12.1. The predicted molar refractivity (Wildman–Crippen MR) is 115 cm³/mol. The van der Waals surface area contributed by atoms with Crippen LogP contribution in [0.5, 0.6) is 0 Å². The fraction of sp³-hybridized carbons (Fsp3) is 0.409. The quantitative estimate of drug-likeness (QED) is 0.578. The van der Waals surface area contributed by atoms with Crippen molar-refractivity contribution >= 4 is 34.4 Å². The van der Waals surface area contributed by atoms with Gasteiger partial charge in [-0.05, 0) is 62.8 Å². The Balaban J connectivity index is 1.33. The van der Waals surface area contributed by atoms with Gasteiger partial charge in [-0.1, -0.05) is 11.6 Å². The molecule has 3 heterocycles. The lowest BCUT2D eigenvalue weighted by molar-refractivity contribution is -0.123. The van der Waals surface area contributed by atoms with E-state index >= 15 is 0 Å². The van der Waals surface area contributed by atoms with Crippen LogP contribution in [0, 0.1) is 5.92 Å². The number of aromatic nitrogens is 3. The van der Waals surface area contributed by atoms with Gasteiger partial charge in [0.1, 0.15) is 11.5 Å². The summed E-state index contributed by atoms with van der Waals surface area (Å²) in [7, 11) is 0. The van der Waals surface area contributed by atoms with Crippen molar-refractivity contribution in [2.45, 2.75) is 50.6 Å². The highest BCUT2D eigenvalue weighted by atomic mass is 35.5. The Bertz CT molecular complexity index is 1040. The van der Waals surface area contributed by atoms with E-state index in [4.69, 9.17) is 16.6 Å². The number of aromatic amines is 1. The number of carbonyl (C=O) groups excluding carboxylic acids is 1. The van der Waals surface area contributed by atoms with Gasteiger partial charge in [-0.15, -0.1) is 0 Å². The number of hydrogen-bond donors (Lipinski definition) is 3. The first kappa shape index (κ1) is 18.4. The Kier molecular flexibility index (Phi) is 4.87. The van der Waals surface area contributed by atoms with Crippen molar-refractivity contribution in [1.82, 2.24) is 20.3 Å². The molecule has 3 aromatic rings. The van der Waals surface area contributed by atoms with Gasteiger partial charge in [0.2, 0.25) is 5.91 Å². The van der Waals surface area contributed by atoms with Crippen LogP contribution in [-0.2, 0) is 4.79 Å². The molecule has 0 aliphatic heterocycles.